The molecule has 0 atom stereocenters. The first-order chi connectivity index (χ1) is 9.87. The molecule has 8 aliphatic rings. The lowest BCUT2D eigenvalue weighted by atomic mass is 9.67. The maximum atomic E-state index is 1.70. The van der Waals surface area contributed by atoms with Crippen molar-refractivity contribution in [3.63, 3.8) is 0 Å². The van der Waals surface area contributed by atoms with E-state index >= 15 is 0 Å². The quantitative estimate of drug-likeness (QED) is 0.602. The normalized spacial score (nSPS) is 74.4. The van der Waals surface area contributed by atoms with Gasteiger partial charge >= 0.3 is 0 Å². The van der Waals surface area contributed by atoms with E-state index in [2.05, 4.69) is 0 Å². The average molecular weight is 268 g/mol. The highest BCUT2D eigenvalue weighted by Gasteiger charge is 2.66. The van der Waals surface area contributed by atoms with Crippen molar-refractivity contribution >= 4 is 0 Å². The molecule has 8 bridgehead atoms. The molecule has 8 saturated carbocycles. The monoisotopic (exact) mass is 268 g/mol. The van der Waals surface area contributed by atoms with Gasteiger partial charge in [-0.2, -0.15) is 0 Å². The van der Waals surface area contributed by atoms with Crippen molar-refractivity contribution in [1.29, 1.82) is 0 Å². The molecule has 0 N–H and O–H groups in total. The van der Waals surface area contributed by atoms with E-state index in [0.717, 1.165) is 0 Å². The Morgan fingerprint density at radius 1 is 0.250 bits per heavy atom. The van der Waals surface area contributed by atoms with Crippen molar-refractivity contribution in [2.75, 3.05) is 0 Å². The van der Waals surface area contributed by atoms with Crippen LogP contribution in [0.1, 0.15) is 51.4 Å². The van der Waals surface area contributed by atoms with Crippen LogP contribution in [0.5, 0.6) is 0 Å². The van der Waals surface area contributed by atoms with Crippen LogP contribution < -0.4 is 0 Å². The van der Waals surface area contributed by atoms with Crippen LogP contribution in [0.3, 0.4) is 0 Å². The van der Waals surface area contributed by atoms with Gasteiger partial charge in [-0.1, -0.05) is 0 Å². The molecule has 8 fully saturated rings. The van der Waals surface area contributed by atoms with E-state index < -0.39 is 0 Å². The fourth-order valence-electron chi connectivity index (χ4n) is 10.4. The van der Waals surface area contributed by atoms with Gasteiger partial charge in [0.25, 0.3) is 0 Å². The zero-order chi connectivity index (χ0) is 12.6. The lowest BCUT2D eigenvalue weighted by Crippen LogP contribution is -2.32. The Balaban J connectivity index is 1.52. The number of hydrogen-bond acceptors (Lipinski definition) is 0. The highest BCUT2D eigenvalue weighted by atomic mass is 14.7. The molecule has 0 saturated heterocycles. The van der Waals surface area contributed by atoms with Gasteiger partial charge in [0.1, 0.15) is 0 Å². The minimum atomic E-state index is 1.20. The topological polar surface area (TPSA) is 0 Å². The van der Waals surface area contributed by atoms with Gasteiger partial charge < -0.3 is 0 Å². The van der Waals surface area contributed by atoms with E-state index in [1.165, 1.54) is 71.0 Å². The van der Waals surface area contributed by atoms with E-state index in [-0.39, 0.29) is 0 Å². The Kier molecular flexibility index (Phi) is 1.70. The summed E-state index contributed by atoms with van der Waals surface area (Å²) in [5, 5.41) is 0. The van der Waals surface area contributed by atoms with E-state index in [1.807, 2.05) is 0 Å². The van der Waals surface area contributed by atoms with Gasteiger partial charge in [0, 0.05) is 0 Å². The minimum absolute atomic E-state index is 1.20. The van der Waals surface area contributed by atoms with Crippen molar-refractivity contribution in [2.24, 2.45) is 71.0 Å². The van der Waals surface area contributed by atoms with Gasteiger partial charge in [-0.15, -0.1) is 0 Å². The molecule has 108 valence electrons. The molecule has 0 amide bonds. The molecule has 0 heterocycles. The SMILES string of the molecule is C1C2CC3CC4CC1C1C5CC(CC6CC(C5)C4C36)C21. The second kappa shape index (κ2) is 3.18. The molecule has 8 aliphatic carbocycles. The highest BCUT2D eigenvalue weighted by molar-refractivity contribution is 5.15. The van der Waals surface area contributed by atoms with E-state index in [1.54, 1.807) is 51.4 Å². The first-order valence-electron chi connectivity index (χ1n) is 9.87. The summed E-state index contributed by atoms with van der Waals surface area (Å²) < 4.78 is 0. The molecule has 0 heteroatoms. The number of rotatable bonds is 0. The molecule has 0 aromatic carbocycles. The lowest BCUT2D eigenvalue weighted by Gasteiger charge is -2.38. The van der Waals surface area contributed by atoms with E-state index in [4.69, 9.17) is 0 Å². The number of hydrogen-bond donors (Lipinski definition) is 0. The highest BCUT2D eigenvalue weighted by Crippen LogP contribution is 2.73. The van der Waals surface area contributed by atoms with Crippen LogP contribution >= 0.6 is 0 Å². The van der Waals surface area contributed by atoms with Crippen molar-refractivity contribution in [3.8, 4) is 0 Å². The second-order valence-corrected chi connectivity index (χ2v) is 10.3. The predicted molar refractivity (Wildman–Crippen MR) is 78.8 cm³/mol. The van der Waals surface area contributed by atoms with Crippen LogP contribution in [0, 0.1) is 71.0 Å². The summed E-state index contributed by atoms with van der Waals surface area (Å²) in [6.45, 7) is 0. The summed E-state index contributed by atoms with van der Waals surface area (Å²) in [6.07, 6.45) is 13.5. The molecule has 0 aliphatic heterocycles. The van der Waals surface area contributed by atoms with Crippen LogP contribution in [0.15, 0.2) is 0 Å². The summed E-state index contributed by atoms with van der Waals surface area (Å²) in [5.41, 5.74) is 0. The zero-order valence-corrected chi connectivity index (χ0v) is 12.6. The Morgan fingerprint density at radius 3 is 0.550 bits per heavy atom. The van der Waals surface area contributed by atoms with Gasteiger partial charge in [-0.3, -0.25) is 0 Å². The molecule has 0 nitrogen and oxygen atoms in total. The van der Waals surface area contributed by atoms with E-state index in [0.29, 0.717) is 0 Å². The Hall–Kier alpha value is 0. The summed E-state index contributed by atoms with van der Waals surface area (Å²) in [5.74, 6) is 14.5. The van der Waals surface area contributed by atoms with Crippen molar-refractivity contribution in [3.05, 3.63) is 0 Å². The first-order valence-corrected chi connectivity index (χ1v) is 9.87. The summed E-state index contributed by atoms with van der Waals surface area (Å²) in [6, 6.07) is 0. The van der Waals surface area contributed by atoms with Crippen LogP contribution in [0.2, 0.25) is 0 Å². The molecule has 0 unspecified atom stereocenters. The molecular formula is C20H28. The third kappa shape index (κ3) is 1.00. The maximum Gasteiger partial charge on any atom is -0.0323 e. The van der Waals surface area contributed by atoms with Gasteiger partial charge in [0.15, 0.2) is 0 Å². The molecule has 8 rings (SSSR count). The maximum absolute atomic E-state index is 1.70. The van der Waals surface area contributed by atoms with Crippen LogP contribution in [0.4, 0.5) is 0 Å². The Bertz CT molecular complexity index is 360. The summed E-state index contributed by atoms with van der Waals surface area (Å²) >= 11 is 0. The summed E-state index contributed by atoms with van der Waals surface area (Å²) in [4.78, 5) is 0. The molecule has 0 aromatic heterocycles. The van der Waals surface area contributed by atoms with Crippen molar-refractivity contribution in [2.45, 2.75) is 51.4 Å². The minimum Gasteiger partial charge on any atom is -0.0470 e. The van der Waals surface area contributed by atoms with Crippen LogP contribution in [-0.4, -0.2) is 0 Å². The van der Waals surface area contributed by atoms with Gasteiger partial charge in [0.05, 0.1) is 0 Å². The molecule has 20 heavy (non-hydrogen) atoms. The van der Waals surface area contributed by atoms with Crippen LogP contribution in [0.25, 0.3) is 0 Å². The van der Waals surface area contributed by atoms with Crippen molar-refractivity contribution < 1.29 is 0 Å². The standard InChI is InChI=1S/C20H28/c1-9-5-11-2-12-6-10(1)18-14-3-13(17(9)18)7-15-4-16(8-14)20(12)19(11)15/h9-20H,1-8H2. The summed E-state index contributed by atoms with van der Waals surface area (Å²) in [7, 11) is 0. The molecule has 0 spiro atoms. The molecule has 0 radical (unpaired) electrons. The smallest absolute Gasteiger partial charge is 0.0323 e. The van der Waals surface area contributed by atoms with E-state index in [9.17, 15) is 0 Å². The average Bonchev–Trinajstić information content (AvgIpc) is 3.01. The van der Waals surface area contributed by atoms with Crippen molar-refractivity contribution in [1.82, 2.24) is 0 Å². The zero-order valence-electron chi connectivity index (χ0n) is 12.6. The molecular weight excluding hydrogens is 240 g/mol. The fraction of sp³-hybridized carbons (Fsp3) is 1.00. The van der Waals surface area contributed by atoms with Gasteiger partial charge in [-0.05, 0) is 122 Å². The van der Waals surface area contributed by atoms with Crippen LogP contribution in [-0.2, 0) is 0 Å². The Labute approximate surface area is 123 Å². The third-order valence-corrected chi connectivity index (χ3v) is 10.1. The predicted octanol–water partition coefficient (Wildman–Crippen LogP) is 4.60. The third-order valence-electron chi connectivity index (χ3n) is 10.1. The fourth-order valence-corrected chi connectivity index (χ4v) is 10.4. The first kappa shape index (κ1) is 10.7. The van der Waals surface area contributed by atoms with Gasteiger partial charge in [-0.25, -0.2) is 0 Å². The molecule has 0 aromatic rings. The second-order valence-electron chi connectivity index (χ2n) is 10.3. The van der Waals surface area contributed by atoms with Gasteiger partial charge in [0.2, 0.25) is 0 Å². The largest absolute Gasteiger partial charge is 0.0470 e. The Morgan fingerprint density at radius 2 is 0.400 bits per heavy atom. The lowest BCUT2D eigenvalue weighted by molar-refractivity contribution is 0.101.